The molecule has 0 saturated heterocycles. The van der Waals surface area contributed by atoms with Crippen molar-refractivity contribution in [1.82, 2.24) is 4.90 Å². The zero-order valence-corrected chi connectivity index (χ0v) is 12.6. The van der Waals surface area contributed by atoms with Crippen molar-refractivity contribution < 1.29 is 5.11 Å². The minimum atomic E-state index is -0.325. The highest BCUT2D eigenvalue weighted by Gasteiger charge is 2.08. The third-order valence-corrected chi connectivity index (χ3v) is 3.47. The molecule has 1 unspecified atom stereocenters. The summed E-state index contributed by atoms with van der Waals surface area (Å²) >= 11 is 2.28. The minimum absolute atomic E-state index is 0.325. The van der Waals surface area contributed by atoms with E-state index in [4.69, 9.17) is 0 Å². The third-order valence-electron chi connectivity index (χ3n) is 2.75. The molecule has 0 fully saturated rings. The van der Waals surface area contributed by atoms with Crippen molar-refractivity contribution in [2.24, 2.45) is 0 Å². The Balaban J connectivity index is 2.32. The number of rotatable bonds is 7. The maximum atomic E-state index is 9.89. The van der Waals surface area contributed by atoms with Gasteiger partial charge < -0.3 is 15.3 Å². The van der Waals surface area contributed by atoms with Crippen LogP contribution in [0.1, 0.15) is 13.8 Å². The summed E-state index contributed by atoms with van der Waals surface area (Å²) in [5.41, 5.74) is 1.06. The molecule has 0 spiro atoms. The van der Waals surface area contributed by atoms with Gasteiger partial charge in [-0.1, -0.05) is 13.8 Å². The first-order valence-electron chi connectivity index (χ1n) is 6.05. The summed E-state index contributed by atoms with van der Waals surface area (Å²) in [5, 5.41) is 13.1. The van der Waals surface area contributed by atoms with Crippen molar-refractivity contribution in [3.05, 3.63) is 27.8 Å². The van der Waals surface area contributed by atoms with E-state index in [1.165, 1.54) is 3.57 Å². The van der Waals surface area contributed by atoms with Crippen LogP contribution < -0.4 is 5.32 Å². The molecule has 1 atom stereocenters. The number of likely N-dealkylation sites (N-methyl/N-ethyl adjacent to an activating group) is 1. The lowest BCUT2D eigenvalue weighted by Gasteiger charge is -2.22. The van der Waals surface area contributed by atoms with Gasteiger partial charge in [0.05, 0.1) is 6.10 Å². The molecule has 2 N–H and O–H groups in total. The lowest BCUT2D eigenvalue weighted by Crippen LogP contribution is -2.35. The fourth-order valence-electron chi connectivity index (χ4n) is 1.65. The van der Waals surface area contributed by atoms with Gasteiger partial charge in [0.25, 0.3) is 0 Å². The predicted octanol–water partition coefficient (Wildman–Crippen LogP) is 2.41. The average Bonchev–Trinajstić information content (AvgIpc) is 2.35. The zero-order chi connectivity index (χ0) is 12.7. The second kappa shape index (κ2) is 7.89. The Bertz CT molecular complexity index is 312. The van der Waals surface area contributed by atoms with E-state index in [0.717, 1.165) is 25.3 Å². The van der Waals surface area contributed by atoms with Gasteiger partial charge in [0.1, 0.15) is 0 Å². The number of benzene rings is 1. The van der Waals surface area contributed by atoms with Gasteiger partial charge in [-0.25, -0.2) is 0 Å². The van der Waals surface area contributed by atoms with Gasteiger partial charge in [0, 0.05) is 22.3 Å². The number of nitrogens with zero attached hydrogens (tertiary/aromatic N) is 1. The van der Waals surface area contributed by atoms with E-state index in [0.29, 0.717) is 6.54 Å². The van der Waals surface area contributed by atoms with Crippen molar-refractivity contribution in [3.8, 4) is 0 Å². The summed E-state index contributed by atoms with van der Waals surface area (Å²) in [4.78, 5) is 2.22. The summed E-state index contributed by atoms with van der Waals surface area (Å²) in [6.07, 6.45) is -0.325. The van der Waals surface area contributed by atoms with E-state index in [2.05, 4.69) is 58.8 Å². The molecule has 0 saturated carbocycles. The molecule has 0 aliphatic rings. The van der Waals surface area contributed by atoms with Gasteiger partial charge in [-0.15, -0.1) is 0 Å². The molecule has 3 nitrogen and oxygen atoms in total. The standard InChI is InChI=1S/C13H21IN2O/c1-3-16(4-2)10-13(17)9-15-12-7-5-11(14)6-8-12/h5-8,13,15,17H,3-4,9-10H2,1-2H3. The van der Waals surface area contributed by atoms with Crippen LogP contribution >= 0.6 is 22.6 Å². The summed E-state index contributed by atoms with van der Waals surface area (Å²) in [6.45, 7) is 7.52. The highest BCUT2D eigenvalue weighted by Crippen LogP contribution is 2.11. The molecule has 1 aromatic rings. The van der Waals surface area contributed by atoms with Gasteiger partial charge >= 0.3 is 0 Å². The number of hydrogen-bond acceptors (Lipinski definition) is 3. The van der Waals surface area contributed by atoms with Crippen LogP contribution in [0.4, 0.5) is 5.69 Å². The largest absolute Gasteiger partial charge is 0.390 e. The van der Waals surface area contributed by atoms with E-state index in [-0.39, 0.29) is 6.10 Å². The first-order chi connectivity index (χ1) is 8.15. The molecule has 1 rings (SSSR count). The molecule has 96 valence electrons. The lowest BCUT2D eigenvalue weighted by atomic mass is 10.3. The van der Waals surface area contributed by atoms with Crippen LogP contribution in [-0.4, -0.2) is 42.3 Å². The number of aliphatic hydroxyl groups is 1. The highest BCUT2D eigenvalue weighted by atomic mass is 127. The molecule has 17 heavy (non-hydrogen) atoms. The monoisotopic (exact) mass is 348 g/mol. The van der Waals surface area contributed by atoms with Crippen molar-refractivity contribution in [1.29, 1.82) is 0 Å². The van der Waals surface area contributed by atoms with Crippen LogP contribution in [0.5, 0.6) is 0 Å². The van der Waals surface area contributed by atoms with Crippen LogP contribution in [0.2, 0.25) is 0 Å². The van der Waals surface area contributed by atoms with Crippen molar-refractivity contribution in [2.45, 2.75) is 20.0 Å². The second-order valence-corrected chi connectivity index (χ2v) is 5.27. The summed E-state index contributed by atoms with van der Waals surface area (Å²) in [5.74, 6) is 0. The molecule has 1 aromatic carbocycles. The van der Waals surface area contributed by atoms with E-state index in [9.17, 15) is 5.11 Å². The van der Waals surface area contributed by atoms with E-state index >= 15 is 0 Å². The van der Waals surface area contributed by atoms with Crippen LogP contribution in [0.25, 0.3) is 0 Å². The van der Waals surface area contributed by atoms with Crippen LogP contribution in [0.15, 0.2) is 24.3 Å². The number of halogens is 1. The summed E-state index contributed by atoms with van der Waals surface area (Å²) < 4.78 is 1.22. The van der Waals surface area contributed by atoms with Crippen LogP contribution in [-0.2, 0) is 0 Å². The number of hydrogen-bond donors (Lipinski definition) is 2. The molecular formula is C13H21IN2O. The lowest BCUT2D eigenvalue weighted by molar-refractivity contribution is 0.128. The van der Waals surface area contributed by atoms with Gasteiger partial charge in [-0.05, 0) is 59.9 Å². The van der Waals surface area contributed by atoms with Crippen LogP contribution in [0.3, 0.4) is 0 Å². The summed E-state index contributed by atoms with van der Waals surface area (Å²) in [6, 6.07) is 8.18. The van der Waals surface area contributed by atoms with Gasteiger partial charge in [0.15, 0.2) is 0 Å². The molecule has 0 heterocycles. The topological polar surface area (TPSA) is 35.5 Å². The highest BCUT2D eigenvalue weighted by molar-refractivity contribution is 14.1. The van der Waals surface area contributed by atoms with Gasteiger partial charge in [0.2, 0.25) is 0 Å². The molecule has 0 radical (unpaired) electrons. The Kier molecular flexibility index (Phi) is 6.84. The maximum Gasteiger partial charge on any atom is 0.0839 e. The second-order valence-electron chi connectivity index (χ2n) is 4.03. The first kappa shape index (κ1) is 14.7. The van der Waals surface area contributed by atoms with Crippen LogP contribution in [0, 0.1) is 3.57 Å². The van der Waals surface area contributed by atoms with Crippen molar-refractivity contribution >= 4 is 28.3 Å². The third kappa shape index (κ3) is 5.70. The van der Waals surface area contributed by atoms with Crippen molar-refractivity contribution in [3.63, 3.8) is 0 Å². The molecule has 0 aliphatic carbocycles. The van der Waals surface area contributed by atoms with Gasteiger partial charge in [-0.3, -0.25) is 0 Å². The van der Waals surface area contributed by atoms with Gasteiger partial charge in [-0.2, -0.15) is 0 Å². The average molecular weight is 348 g/mol. The molecular weight excluding hydrogens is 327 g/mol. The minimum Gasteiger partial charge on any atom is -0.390 e. The molecule has 0 amide bonds. The Morgan fingerprint density at radius 2 is 1.82 bits per heavy atom. The van der Waals surface area contributed by atoms with Crippen molar-refractivity contribution in [2.75, 3.05) is 31.5 Å². The maximum absolute atomic E-state index is 9.89. The number of aliphatic hydroxyl groups excluding tert-OH is 1. The smallest absolute Gasteiger partial charge is 0.0839 e. The normalized spacial score (nSPS) is 12.8. The fourth-order valence-corrected chi connectivity index (χ4v) is 2.01. The first-order valence-corrected chi connectivity index (χ1v) is 7.13. The number of nitrogens with one attached hydrogen (secondary N) is 1. The molecule has 0 bridgehead atoms. The Morgan fingerprint density at radius 3 is 2.35 bits per heavy atom. The predicted molar refractivity (Wildman–Crippen MR) is 81.4 cm³/mol. The van der Waals surface area contributed by atoms with E-state index in [1.54, 1.807) is 0 Å². The fraction of sp³-hybridized carbons (Fsp3) is 0.538. The Hall–Kier alpha value is -0.330. The van der Waals surface area contributed by atoms with E-state index in [1.807, 2.05) is 12.1 Å². The summed E-state index contributed by atoms with van der Waals surface area (Å²) in [7, 11) is 0. The number of anilines is 1. The van der Waals surface area contributed by atoms with E-state index < -0.39 is 0 Å². The molecule has 0 aromatic heterocycles. The molecule has 0 aliphatic heterocycles. The SMILES string of the molecule is CCN(CC)CC(O)CNc1ccc(I)cc1. The Labute approximate surface area is 117 Å². The quantitative estimate of drug-likeness (QED) is 0.743. The zero-order valence-electron chi connectivity index (χ0n) is 10.5. The Morgan fingerprint density at radius 1 is 1.24 bits per heavy atom. The molecule has 4 heteroatoms.